The molecule has 0 saturated carbocycles. The molecule has 29 heavy (non-hydrogen) atoms. The number of hydrazone groups is 1. The molecule has 0 spiro atoms. The highest BCUT2D eigenvalue weighted by Crippen LogP contribution is 2.36. The van der Waals surface area contributed by atoms with Crippen LogP contribution in [0.3, 0.4) is 0 Å². The van der Waals surface area contributed by atoms with Gasteiger partial charge in [0.1, 0.15) is 6.54 Å². The van der Waals surface area contributed by atoms with Crippen LogP contribution in [0, 0.1) is 0 Å². The van der Waals surface area contributed by atoms with Crippen LogP contribution in [-0.2, 0) is 11.3 Å². The quantitative estimate of drug-likeness (QED) is 0.503. The molecule has 6 nitrogen and oxygen atoms in total. The fraction of sp³-hybridized carbons (Fsp3) is 0.143. The number of fused-ring (bicyclic) bond motifs is 1. The number of thiophene rings is 2. The number of hydrogen-bond donors (Lipinski definition) is 0. The predicted molar refractivity (Wildman–Crippen MR) is 115 cm³/mol. The maximum atomic E-state index is 13.2. The van der Waals surface area contributed by atoms with E-state index in [1.54, 1.807) is 40.9 Å². The topological polar surface area (TPSA) is 67.6 Å². The van der Waals surface area contributed by atoms with Crippen molar-refractivity contribution in [2.45, 2.75) is 19.0 Å². The van der Waals surface area contributed by atoms with Gasteiger partial charge in [-0.05, 0) is 35.0 Å². The molecule has 3 aromatic heterocycles. The SMILES string of the molecule is O=C(Cn1cnc2ccccc2c1=O)N1N=C(c2cccs2)C[C@H]1c1cccs1. The Labute approximate surface area is 174 Å². The van der Waals surface area contributed by atoms with Crippen LogP contribution in [0.2, 0.25) is 0 Å². The molecule has 0 fully saturated rings. The first-order valence-corrected chi connectivity index (χ1v) is 10.9. The molecule has 0 unspecified atom stereocenters. The number of hydrogen-bond acceptors (Lipinski definition) is 6. The highest BCUT2D eigenvalue weighted by atomic mass is 32.1. The Balaban J connectivity index is 1.48. The highest BCUT2D eigenvalue weighted by molar-refractivity contribution is 7.12. The second kappa shape index (κ2) is 7.38. The number of carbonyl (C=O) groups is 1. The largest absolute Gasteiger partial charge is 0.289 e. The Kier molecular flexibility index (Phi) is 4.57. The molecule has 4 heterocycles. The average Bonchev–Trinajstić information content (AvgIpc) is 3.50. The molecule has 8 heteroatoms. The van der Waals surface area contributed by atoms with Gasteiger partial charge in [-0.1, -0.05) is 24.3 Å². The fourth-order valence-corrected chi connectivity index (χ4v) is 5.00. The van der Waals surface area contributed by atoms with E-state index in [2.05, 4.69) is 10.1 Å². The van der Waals surface area contributed by atoms with Crippen molar-refractivity contribution in [1.29, 1.82) is 0 Å². The Hall–Kier alpha value is -3.10. The molecule has 4 aromatic rings. The summed E-state index contributed by atoms with van der Waals surface area (Å²) in [5, 5.41) is 10.7. The Bertz CT molecular complexity index is 1260. The third kappa shape index (κ3) is 3.30. The summed E-state index contributed by atoms with van der Waals surface area (Å²) in [6.45, 7) is -0.0975. The summed E-state index contributed by atoms with van der Waals surface area (Å²) >= 11 is 3.22. The van der Waals surface area contributed by atoms with Crippen LogP contribution in [0.25, 0.3) is 10.9 Å². The first kappa shape index (κ1) is 18.0. The maximum Gasteiger partial charge on any atom is 0.263 e. The Morgan fingerprint density at radius 1 is 1.07 bits per heavy atom. The normalized spacial score (nSPS) is 16.3. The standard InChI is InChI=1S/C21H16N4O2S2/c26-20(12-24-13-22-15-6-2-1-5-14(15)21(24)27)25-17(19-8-4-10-29-19)11-16(23-25)18-7-3-9-28-18/h1-10,13,17H,11-12H2/t17-/m0/s1. The fourth-order valence-electron chi connectivity index (χ4n) is 3.47. The van der Waals surface area contributed by atoms with Crippen LogP contribution in [0.4, 0.5) is 0 Å². The second-order valence-corrected chi connectivity index (χ2v) is 8.62. The van der Waals surface area contributed by atoms with Crippen molar-refractivity contribution in [2.75, 3.05) is 0 Å². The molecule has 1 aromatic carbocycles. The van der Waals surface area contributed by atoms with Crippen molar-refractivity contribution >= 4 is 45.2 Å². The van der Waals surface area contributed by atoms with E-state index in [9.17, 15) is 9.59 Å². The summed E-state index contributed by atoms with van der Waals surface area (Å²) in [7, 11) is 0. The van der Waals surface area contributed by atoms with Crippen molar-refractivity contribution in [3.05, 3.63) is 85.7 Å². The predicted octanol–water partition coefficient (Wildman–Crippen LogP) is 3.90. The summed E-state index contributed by atoms with van der Waals surface area (Å²) < 4.78 is 1.36. The summed E-state index contributed by atoms with van der Waals surface area (Å²) in [5.74, 6) is -0.228. The molecule has 1 aliphatic rings. The zero-order valence-electron chi connectivity index (χ0n) is 15.3. The smallest absolute Gasteiger partial charge is 0.263 e. The van der Waals surface area contributed by atoms with Gasteiger partial charge in [0.25, 0.3) is 11.5 Å². The van der Waals surface area contributed by atoms with Gasteiger partial charge in [-0.2, -0.15) is 5.10 Å². The lowest BCUT2D eigenvalue weighted by Crippen LogP contribution is -2.33. The first-order valence-electron chi connectivity index (χ1n) is 9.12. The van der Waals surface area contributed by atoms with Gasteiger partial charge < -0.3 is 0 Å². The van der Waals surface area contributed by atoms with Gasteiger partial charge in [0.05, 0.1) is 33.9 Å². The molecular formula is C21H16N4O2S2. The molecule has 5 rings (SSSR count). The number of para-hydroxylation sites is 1. The number of amides is 1. The van der Waals surface area contributed by atoms with E-state index in [0.29, 0.717) is 17.3 Å². The van der Waals surface area contributed by atoms with Crippen molar-refractivity contribution in [2.24, 2.45) is 5.10 Å². The van der Waals surface area contributed by atoms with E-state index in [-0.39, 0.29) is 24.1 Å². The van der Waals surface area contributed by atoms with Gasteiger partial charge >= 0.3 is 0 Å². The molecular weight excluding hydrogens is 404 g/mol. The van der Waals surface area contributed by atoms with Crippen LogP contribution in [0.1, 0.15) is 22.2 Å². The van der Waals surface area contributed by atoms with Gasteiger partial charge in [0.2, 0.25) is 0 Å². The minimum absolute atomic E-state index is 0.0975. The summed E-state index contributed by atoms with van der Waals surface area (Å²) in [5.41, 5.74) is 1.30. The average molecular weight is 421 g/mol. The van der Waals surface area contributed by atoms with Gasteiger partial charge in [0.15, 0.2) is 0 Å². The minimum atomic E-state index is -0.228. The zero-order chi connectivity index (χ0) is 19.8. The van der Waals surface area contributed by atoms with Gasteiger partial charge in [-0.3, -0.25) is 14.2 Å². The number of rotatable bonds is 4. The molecule has 0 saturated heterocycles. The van der Waals surface area contributed by atoms with Crippen molar-refractivity contribution < 1.29 is 4.79 Å². The zero-order valence-corrected chi connectivity index (χ0v) is 16.9. The van der Waals surface area contributed by atoms with Crippen molar-refractivity contribution in [3.8, 4) is 0 Å². The lowest BCUT2D eigenvalue weighted by Gasteiger charge is -2.21. The molecule has 1 amide bonds. The summed E-state index contributed by atoms with van der Waals surface area (Å²) in [6, 6.07) is 15.0. The molecule has 1 atom stereocenters. The third-order valence-corrected chi connectivity index (χ3v) is 6.77. The van der Waals surface area contributed by atoms with Gasteiger partial charge in [-0.25, -0.2) is 9.99 Å². The van der Waals surface area contributed by atoms with Gasteiger partial charge in [-0.15, -0.1) is 22.7 Å². The van der Waals surface area contributed by atoms with E-state index < -0.39 is 0 Å². The van der Waals surface area contributed by atoms with E-state index in [1.165, 1.54) is 15.9 Å². The van der Waals surface area contributed by atoms with Crippen LogP contribution >= 0.6 is 22.7 Å². The van der Waals surface area contributed by atoms with Crippen LogP contribution < -0.4 is 5.56 Å². The van der Waals surface area contributed by atoms with E-state index in [1.807, 2.05) is 41.1 Å². The Morgan fingerprint density at radius 2 is 1.90 bits per heavy atom. The monoisotopic (exact) mass is 420 g/mol. The number of aromatic nitrogens is 2. The molecule has 0 radical (unpaired) electrons. The van der Waals surface area contributed by atoms with E-state index in [0.717, 1.165) is 15.5 Å². The van der Waals surface area contributed by atoms with Crippen molar-refractivity contribution in [1.82, 2.24) is 14.6 Å². The molecule has 144 valence electrons. The molecule has 0 N–H and O–H groups in total. The summed E-state index contributed by atoms with van der Waals surface area (Å²) in [6.07, 6.45) is 2.10. The summed E-state index contributed by atoms with van der Waals surface area (Å²) in [4.78, 5) is 32.4. The third-order valence-electron chi connectivity index (χ3n) is 4.88. The first-order chi connectivity index (χ1) is 14.2. The lowest BCUT2D eigenvalue weighted by molar-refractivity contribution is -0.133. The van der Waals surface area contributed by atoms with Crippen LogP contribution in [-0.4, -0.2) is 26.2 Å². The Morgan fingerprint density at radius 3 is 2.69 bits per heavy atom. The molecule has 0 bridgehead atoms. The molecule has 0 aliphatic carbocycles. The van der Waals surface area contributed by atoms with E-state index in [4.69, 9.17) is 0 Å². The van der Waals surface area contributed by atoms with Crippen LogP contribution in [0.5, 0.6) is 0 Å². The lowest BCUT2D eigenvalue weighted by atomic mass is 10.1. The number of benzene rings is 1. The number of nitrogens with zero attached hydrogens (tertiary/aromatic N) is 4. The number of carbonyl (C=O) groups excluding carboxylic acids is 1. The second-order valence-electron chi connectivity index (χ2n) is 6.69. The van der Waals surface area contributed by atoms with Crippen LogP contribution in [0.15, 0.2) is 75.5 Å². The molecule has 1 aliphatic heterocycles. The highest BCUT2D eigenvalue weighted by Gasteiger charge is 2.34. The maximum absolute atomic E-state index is 13.2. The minimum Gasteiger partial charge on any atom is -0.289 e. The van der Waals surface area contributed by atoms with Crippen molar-refractivity contribution in [3.63, 3.8) is 0 Å². The van der Waals surface area contributed by atoms with E-state index >= 15 is 0 Å². The van der Waals surface area contributed by atoms with Gasteiger partial charge in [0, 0.05) is 11.3 Å².